The molecule has 1 aromatic rings. The Hall–Kier alpha value is -2.15. The van der Waals surface area contributed by atoms with E-state index in [0.29, 0.717) is 17.3 Å². The fourth-order valence-electron chi connectivity index (χ4n) is 1.29. The highest BCUT2D eigenvalue weighted by atomic mass is 32.2. The third kappa shape index (κ3) is 5.86. The van der Waals surface area contributed by atoms with E-state index in [1.54, 1.807) is 30.3 Å². The lowest BCUT2D eigenvalue weighted by atomic mass is 10.2. The molecule has 0 saturated heterocycles. The van der Waals surface area contributed by atoms with Gasteiger partial charge in [0.15, 0.2) is 5.57 Å². The summed E-state index contributed by atoms with van der Waals surface area (Å²) in [7, 11) is 0. The fourth-order valence-corrected chi connectivity index (χ4v) is 2.26. The van der Waals surface area contributed by atoms with E-state index < -0.39 is 28.8 Å². The van der Waals surface area contributed by atoms with Crippen LogP contribution in [0, 0.1) is 11.3 Å². The third-order valence-corrected chi connectivity index (χ3v) is 3.39. The Morgan fingerprint density at radius 2 is 1.65 bits per heavy atom. The Labute approximate surface area is 131 Å². The number of nitrogens with two attached hydrogens (primary N) is 1. The highest BCUT2D eigenvalue weighted by Gasteiger charge is 2.39. The summed E-state index contributed by atoms with van der Waals surface area (Å²) in [5.41, 5.74) is 3.38. The molecule has 0 aromatic heterocycles. The molecule has 124 valence electrons. The van der Waals surface area contributed by atoms with Crippen LogP contribution in [0.3, 0.4) is 0 Å². The number of hydrogen-bond acceptors (Lipinski definition) is 3. The van der Waals surface area contributed by atoms with Crippen LogP contribution in [0.5, 0.6) is 0 Å². The first-order chi connectivity index (χ1) is 10.6. The number of nitriles is 1. The van der Waals surface area contributed by atoms with Gasteiger partial charge >= 0.3 is 12.4 Å². The van der Waals surface area contributed by atoms with Crippen molar-refractivity contribution in [3.8, 4) is 6.07 Å². The molecule has 2 N–H and O–H groups in total. The van der Waals surface area contributed by atoms with E-state index >= 15 is 0 Å². The Morgan fingerprint density at radius 1 is 1.09 bits per heavy atom. The summed E-state index contributed by atoms with van der Waals surface area (Å²) in [5, 5.41) is 7.49. The zero-order valence-corrected chi connectivity index (χ0v) is 12.1. The molecule has 0 amide bonds. The number of benzene rings is 1. The van der Waals surface area contributed by atoms with Crippen LogP contribution in [-0.2, 0) is 5.75 Å². The molecule has 0 radical (unpaired) electrons. The average molecular weight is 353 g/mol. The predicted molar refractivity (Wildman–Crippen MR) is 74.1 cm³/mol. The van der Waals surface area contributed by atoms with E-state index in [-0.39, 0.29) is 5.75 Å². The number of amidine groups is 1. The predicted octanol–water partition coefficient (Wildman–Crippen LogP) is 4.14. The van der Waals surface area contributed by atoms with Crippen LogP contribution in [0.4, 0.5) is 26.3 Å². The average Bonchev–Trinajstić information content (AvgIpc) is 2.43. The molecule has 0 aliphatic carbocycles. The Morgan fingerprint density at radius 3 is 2.09 bits per heavy atom. The van der Waals surface area contributed by atoms with Gasteiger partial charge in [-0.15, -0.1) is 11.8 Å². The number of aliphatic imine (C=N–C) groups is 1. The molecule has 0 bridgehead atoms. The van der Waals surface area contributed by atoms with Gasteiger partial charge in [0.05, 0.1) is 0 Å². The normalized spacial score (nSPS) is 14.2. The first kappa shape index (κ1) is 18.9. The molecule has 0 fully saturated rings. The zero-order valence-electron chi connectivity index (χ0n) is 11.2. The highest BCUT2D eigenvalue weighted by Crippen LogP contribution is 2.35. The molecule has 0 spiro atoms. The van der Waals surface area contributed by atoms with Crippen LogP contribution in [0.15, 0.2) is 45.9 Å². The second-order valence-corrected chi connectivity index (χ2v) is 5.02. The Bertz CT molecular complexity index is 640. The van der Waals surface area contributed by atoms with Crippen molar-refractivity contribution in [1.29, 1.82) is 5.26 Å². The molecule has 0 saturated carbocycles. The van der Waals surface area contributed by atoms with Crippen molar-refractivity contribution in [2.75, 3.05) is 0 Å². The third-order valence-electron chi connectivity index (χ3n) is 2.34. The number of alkyl halides is 6. The van der Waals surface area contributed by atoms with Crippen molar-refractivity contribution in [3.63, 3.8) is 0 Å². The topological polar surface area (TPSA) is 62.2 Å². The van der Waals surface area contributed by atoms with Crippen molar-refractivity contribution in [1.82, 2.24) is 0 Å². The standard InChI is InChI=1S/C13H9F6N3S/c14-12(15,16)9(6-20)10(22-11(21)13(17,18)19)23-7-8-4-2-1-3-5-8/h1-5H,7H2,(H2,21,22). The van der Waals surface area contributed by atoms with Gasteiger partial charge in [0, 0.05) is 5.75 Å². The number of thioether (sulfide) groups is 1. The summed E-state index contributed by atoms with van der Waals surface area (Å²) in [6.45, 7) is 0. The van der Waals surface area contributed by atoms with Crippen molar-refractivity contribution < 1.29 is 26.3 Å². The van der Waals surface area contributed by atoms with Gasteiger partial charge in [0.2, 0.25) is 5.84 Å². The molecular weight excluding hydrogens is 344 g/mol. The minimum absolute atomic E-state index is 0.105. The smallest absolute Gasteiger partial charge is 0.380 e. The summed E-state index contributed by atoms with van der Waals surface area (Å²) in [6, 6.07) is 8.87. The molecule has 3 nitrogen and oxygen atoms in total. The molecule has 23 heavy (non-hydrogen) atoms. The number of hydrogen-bond donors (Lipinski definition) is 1. The molecule has 0 heterocycles. The lowest BCUT2D eigenvalue weighted by Crippen LogP contribution is -2.31. The van der Waals surface area contributed by atoms with Crippen LogP contribution in [0.1, 0.15) is 5.56 Å². The van der Waals surface area contributed by atoms with Gasteiger partial charge in [-0.25, -0.2) is 4.99 Å². The summed E-state index contributed by atoms with van der Waals surface area (Å²) in [5.74, 6) is -2.06. The minimum atomic E-state index is -5.14. The first-order valence-electron chi connectivity index (χ1n) is 5.85. The molecule has 0 unspecified atom stereocenters. The number of nitrogens with zero attached hydrogens (tertiary/aromatic N) is 2. The number of allylic oxidation sites excluding steroid dienone is 1. The van der Waals surface area contributed by atoms with E-state index in [1.807, 2.05) is 0 Å². The van der Waals surface area contributed by atoms with Crippen molar-refractivity contribution >= 4 is 17.6 Å². The van der Waals surface area contributed by atoms with Gasteiger partial charge in [0.1, 0.15) is 11.1 Å². The maximum atomic E-state index is 12.8. The van der Waals surface area contributed by atoms with Crippen LogP contribution in [-0.4, -0.2) is 18.2 Å². The summed E-state index contributed by atoms with van der Waals surface area (Å²) < 4.78 is 75.4. The van der Waals surface area contributed by atoms with Gasteiger partial charge in [-0.05, 0) is 5.56 Å². The van der Waals surface area contributed by atoms with Crippen LogP contribution < -0.4 is 5.73 Å². The van der Waals surface area contributed by atoms with Gasteiger partial charge in [0.25, 0.3) is 0 Å². The Balaban J connectivity index is 3.22. The largest absolute Gasteiger partial charge is 0.449 e. The Kier molecular flexibility index (Phi) is 6.09. The number of rotatable bonds is 4. The monoisotopic (exact) mass is 353 g/mol. The van der Waals surface area contributed by atoms with Crippen molar-refractivity contribution in [2.24, 2.45) is 10.7 Å². The summed E-state index contributed by atoms with van der Waals surface area (Å²) in [4.78, 5) is 2.77. The molecule has 0 atom stereocenters. The maximum absolute atomic E-state index is 12.8. The van der Waals surface area contributed by atoms with Gasteiger partial charge in [-0.2, -0.15) is 31.6 Å². The van der Waals surface area contributed by atoms with E-state index in [9.17, 15) is 26.3 Å². The van der Waals surface area contributed by atoms with Crippen molar-refractivity contribution in [3.05, 3.63) is 46.5 Å². The zero-order chi connectivity index (χ0) is 17.7. The summed E-state index contributed by atoms with van der Waals surface area (Å²) >= 11 is 0.348. The minimum Gasteiger partial charge on any atom is -0.380 e. The van der Waals surface area contributed by atoms with Gasteiger partial charge in [-0.3, -0.25) is 0 Å². The quantitative estimate of drug-likeness (QED) is 0.383. The van der Waals surface area contributed by atoms with E-state index in [4.69, 9.17) is 5.26 Å². The molecule has 0 aliphatic rings. The first-order valence-corrected chi connectivity index (χ1v) is 6.84. The molecule has 1 rings (SSSR count). The van der Waals surface area contributed by atoms with Crippen LogP contribution >= 0.6 is 11.8 Å². The highest BCUT2D eigenvalue weighted by molar-refractivity contribution is 8.02. The fraction of sp³-hybridized carbons (Fsp3) is 0.231. The van der Waals surface area contributed by atoms with E-state index in [1.165, 1.54) is 0 Å². The molecular formula is C13H9F6N3S. The van der Waals surface area contributed by atoms with Crippen LogP contribution in [0.2, 0.25) is 0 Å². The van der Waals surface area contributed by atoms with Gasteiger partial charge < -0.3 is 5.73 Å². The summed E-state index contributed by atoms with van der Waals surface area (Å²) in [6.07, 6.45) is -10.2. The van der Waals surface area contributed by atoms with Crippen molar-refractivity contribution in [2.45, 2.75) is 18.1 Å². The second kappa shape index (κ2) is 7.41. The molecule has 10 heteroatoms. The second-order valence-electron chi connectivity index (χ2n) is 4.06. The van der Waals surface area contributed by atoms with E-state index in [0.717, 1.165) is 6.07 Å². The molecule has 0 aliphatic heterocycles. The van der Waals surface area contributed by atoms with E-state index in [2.05, 4.69) is 10.7 Å². The van der Waals surface area contributed by atoms with Crippen LogP contribution in [0.25, 0.3) is 0 Å². The lowest BCUT2D eigenvalue weighted by Gasteiger charge is -2.11. The molecule has 1 aromatic carbocycles. The SMILES string of the molecule is N#CC(=C(N=C(N)C(F)(F)F)SCc1ccccc1)C(F)(F)F. The number of halogens is 6. The lowest BCUT2D eigenvalue weighted by molar-refractivity contribution is -0.0879. The maximum Gasteiger partial charge on any atom is 0.449 e. The van der Waals surface area contributed by atoms with Gasteiger partial charge in [-0.1, -0.05) is 30.3 Å².